The zero-order valence-electron chi connectivity index (χ0n) is 17.3. The van der Waals surface area contributed by atoms with Crippen LogP contribution in [0.3, 0.4) is 0 Å². The molecule has 2 aliphatic heterocycles. The van der Waals surface area contributed by atoms with Gasteiger partial charge in [0.05, 0.1) is 11.5 Å². The van der Waals surface area contributed by atoms with Gasteiger partial charge in [0, 0.05) is 17.2 Å². The molecule has 1 aromatic rings. The summed E-state index contributed by atoms with van der Waals surface area (Å²) < 4.78 is 6.54. The standard InChI is InChI=1S/C24H33NO2/c1-15-11-12-18-17(13-15)21-19(26)14-20(25-22(21)27-24(18,4)5)23(2,3)16-9-7-6-8-10-16/h6-10,14-15,17-18,21-22,25H,11-13H2,1-5H3/t15-,17-,18?,21?,22?/m0/s1. The molecule has 0 radical (unpaired) electrons. The van der Waals surface area contributed by atoms with Gasteiger partial charge in [0.2, 0.25) is 0 Å². The van der Waals surface area contributed by atoms with Gasteiger partial charge in [-0.3, -0.25) is 4.79 Å². The van der Waals surface area contributed by atoms with Crippen molar-refractivity contribution in [2.24, 2.45) is 23.7 Å². The molecule has 5 atom stereocenters. The number of hydrogen-bond donors (Lipinski definition) is 1. The van der Waals surface area contributed by atoms with Crippen molar-refractivity contribution in [3.05, 3.63) is 47.7 Å². The van der Waals surface area contributed by atoms with Crippen LogP contribution in [0.15, 0.2) is 42.1 Å². The van der Waals surface area contributed by atoms with Crippen molar-refractivity contribution in [3.8, 4) is 0 Å². The van der Waals surface area contributed by atoms with Gasteiger partial charge in [-0.15, -0.1) is 0 Å². The average molecular weight is 368 g/mol. The molecule has 1 aromatic carbocycles. The lowest BCUT2D eigenvalue weighted by atomic mass is 9.60. The second-order valence-corrected chi connectivity index (χ2v) is 9.95. The number of benzene rings is 1. The second kappa shape index (κ2) is 6.48. The van der Waals surface area contributed by atoms with Crippen LogP contribution in [0.2, 0.25) is 0 Å². The lowest BCUT2D eigenvalue weighted by Gasteiger charge is -2.55. The van der Waals surface area contributed by atoms with Crippen molar-refractivity contribution in [3.63, 3.8) is 0 Å². The van der Waals surface area contributed by atoms with E-state index >= 15 is 0 Å². The van der Waals surface area contributed by atoms with Gasteiger partial charge in [0.15, 0.2) is 5.78 Å². The number of hydrogen-bond acceptors (Lipinski definition) is 3. The van der Waals surface area contributed by atoms with Gasteiger partial charge in [0.25, 0.3) is 0 Å². The van der Waals surface area contributed by atoms with Crippen LogP contribution in [0.1, 0.15) is 59.4 Å². The van der Waals surface area contributed by atoms with Gasteiger partial charge in [-0.25, -0.2) is 0 Å². The van der Waals surface area contributed by atoms with Crippen molar-refractivity contribution in [1.29, 1.82) is 0 Å². The predicted molar refractivity (Wildman–Crippen MR) is 108 cm³/mol. The second-order valence-electron chi connectivity index (χ2n) is 9.95. The van der Waals surface area contributed by atoms with Crippen LogP contribution in [-0.4, -0.2) is 17.6 Å². The molecule has 3 unspecified atom stereocenters. The van der Waals surface area contributed by atoms with E-state index in [0.717, 1.165) is 12.1 Å². The fourth-order valence-corrected chi connectivity index (χ4v) is 5.68. The summed E-state index contributed by atoms with van der Waals surface area (Å²) in [7, 11) is 0. The van der Waals surface area contributed by atoms with Gasteiger partial charge in [-0.2, -0.15) is 0 Å². The molecule has 3 nitrogen and oxygen atoms in total. The summed E-state index contributed by atoms with van der Waals surface area (Å²) in [6, 6.07) is 10.4. The highest BCUT2D eigenvalue weighted by Crippen LogP contribution is 2.51. The normalized spacial score (nSPS) is 35.5. The Balaban J connectivity index is 1.68. The SMILES string of the molecule is C[C@H]1CCC2[C@H](C1)C1C(=O)C=C(C(C)(C)c3ccccc3)NC1OC2(C)C. The number of allylic oxidation sites excluding steroid dienone is 2. The summed E-state index contributed by atoms with van der Waals surface area (Å²) in [6.45, 7) is 11.1. The highest BCUT2D eigenvalue weighted by Gasteiger charge is 2.54. The molecule has 3 heteroatoms. The minimum atomic E-state index is -0.258. The van der Waals surface area contributed by atoms with E-state index in [2.05, 4.69) is 64.2 Å². The molecule has 0 aromatic heterocycles. The Kier molecular flexibility index (Phi) is 4.50. The Bertz CT molecular complexity index is 749. The van der Waals surface area contributed by atoms with E-state index in [-0.39, 0.29) is 28.9 Å². The molecule has 27 heavy (non-hydrogen) atoms. The van der Waals surface area contributed by atoms with Crippen LogP contribution < -0.4 is 5.32 Å². The van der Waals surface area contributed by atoms with E-state index in [4.69, 9.17) is 4.74 Å². The molecule has 4 rings (SSSR count). The Hall–Kier alpha value is -1.61. The quantitative estimate of drug-likeness (QED) is 0.814. The van der Waals surface area contributed by atoms with Gasteiger partial charge in [0.1, 0.15) is 6.23 Å². The monoisotopic (exact) mass is 367 g/mol. The summed E-state index contributed by atoms with van der Waals surface area (Å²) in [5, 5.41) is 3.65. The van der Waals surface area contributed by atoms with Gasteiger partial charge >= 0.3 is 0 Å². The van der Waals surface area contributed by atoms with E-state index in [1.807, 2.05) is 12.1 Å². The average Bonchev–Trinajstić information content (AvgIpc) is 2.61. The predicted octanol–water partition coefficient (Wildman–Crippen LogP) is 4.82. The third-order valence-corrected chi connectivity index (χ3v) is 7.35. The Morgan fingerprint density at radius 1 is 1.15 bits per heavy atom. The van der Waals surface area contributed by atoms with E-state index in [1.165, 1.54) is 18.4 Å². The molecular formula is C24H33NO2. The maximum atomic E-state index is 13.3. The highest BCUT2D eigenvalue weighted by molar-refractivity contribution is 5.94. The molecular weight excluding hydrogens is 334 g/mol. The summed E-state index contributed by atoms with van der Waals surface area (Å²) in [5.41, 5.74) is 1.72. The number of carbonyl (C=O) groups is 1. The molecule has 0 spiro atoms. The first-order valence-corrected chi connectivity index (χ1v) is 10.5. The molecule has 0 bridgehead atoms. The number of rotatable bonds is 2. The fraction of sp³-hybridized carbons (Fsp3) is 0.625. The largest absolute Gasteiger partial charge is 0.362 e. The minimum Gasteiger partial charge on any atom is -0.362 e. The van der Waals surface area contributed by atoms with Crippen molar-refractivity contribution in [2.75, 3.05) is 0 Å². The fourth-order valence-electron chi connectivity index (χ4n) is 5.68. The number of carbonyl (C=O) groups excluding carboxylic acids is 1. The van der Waals surface area contributed by atoms with Crippen LogP contribution in [-0.2, 0) is 14.9 Å². The van der Waals surface area contributed by atoms with Crippen LogP contribution in [0, 0.1) is 23.7 Å². The van der Waals surface area contributed by atoms with Crippen LogP contribution in [0.4, 0.5) is 0 Å². The van der Waals surface area contributed by atoms with Crippen LogP contribution >= 0.6 is 0 Å². The lowest BCUT2D eigenvalue weighted by Crippen LogP contribution is -2.62. The van der Waals surface area contributed by atoms with Crippen molar-refractivity contribution >= 4 is 5.78 Å². The number of ether oxygens (including phenoxy) is 1. The molecule has 1 aliphatic carbocycles. The molecule has 1 saturated carbocycles. The van der Waals surface area contributed by atoms with Crippen LogP contribution in [0.5, 0.6) is 0 Å². The number of nitrogens with one attached hydrogen (secondary N) is 1. The van der Waals surface area contributed by atoms with E-state index in [0.29, 0.717) is 17.8 Å². The van der Waals surface area contributed by atoms with E-state index in [9.17, 15) is 4.79 Å². The zero-order chi connectivity index (χ0) is 19.4. The Morgan fingerprint density at radius 3 is 2.56 bits per heavy atom. The smallest absolute Gasteiger partial charge is 0.165 e. The summed E-state index contributed by atoms with van der Waals surface area (Å²) in [5.74, 6) is 1.77. The van der Waals surface area contributed by atoms with Crippen LogP contribution in [0.25, 0.3) is 0 Å². The molecule has 1 N–H and O–H groups in total. The molecule has 3 aliphatic rings. The lowest BCUT2D eigenvalue weighted by molar-refractivity contribution is -0.213. The van der Waals surface area contributed by atoms with Crippen molar-refractivity contribution < 1.29 is 9.53 Å². The van der Waals surface area contributed by atoms with Gasteiger partial charge in [-0.05, 0) is 50.0 Å². The van der Waals surface area contributed by atoms with Crippen molar-refractivity contribution in [2.45, 2.75) is 71.1 Å². The zero-order valence-corrected chi connectivity index (χ0v) is 17.3. The van der Waals surface area contributed by atoms with Crippen molar-refractivity contribution in [1.82, 2.24) is 5.32 Å². The molecule has 1 saturated heterocycles. The molecule has 2 fully saturated rings. The molecule has 146 valence electrons. The van der Waals surface area contributed by atoms with Gasteiger partial charge < -0.3 is 10.1 Å². The Morgan fingerprint density at radius 2 is 1.85 bits per heavy atom. The molecule has 2 heterocycles. The van der Waals surface area contributed by atoms with Gasteiger partial charge in [-0.1, -0.05) is 57.5 Å². The summed E-state index contributed by atoms with van der Waals surface area (Å²) in [4.78, 5) is 13.3. The first-order chi connectivity index (χ1) is 12.7. The maximum Gasteiger partial charge on any atom is 0.165 e. The Labute approximate surface area is 163 Å². The van der Waals surface area contributed by atoms with E-state index in [1.54, 1.807) is 0 Å². The third-order valence-electron chi connectivity index (χ3n) is 7.35. The minimum absolute atomic E-state index is 0.0545. The number of ketones is 1. The number of fused-ring (bicyclic) bond motifs is 3. The summed E-state index contributed by atoms with van der Waals surface area (Å²) in [6.07, 6.45) is 5.20. The maximum absolute atomic E-state index is 13.3. The highest BCUT2D eigenvalue weighted by atomic mass is 16.5. The first kappa shape index (κ1) is 18.7. The molecule has 0 amide bonds. The topological polar surface area (TPSA) is 38.3 Å². The third kappa shape index (κ3) is 3.14. The van der Waals surface area contributed by atoms with E-state index < -0.39 is 0 Å². The summed E-state index contributed by atoms with van der Waals surface area (Å²) >= 11 is 0. The first-order valence-electron chi connectivity index (χ1n) is 10.5.